The summed E-state index contributed by atoms with van der Waals surface area (Å²) in [5, 5.41) is 9.02. The molecule has 0 aliphatic carbocycles. The van der Waals surface area contributed by atoms with E-state index < -0.39 is 0 Å². The Morgan fingerprint density at radius 3 is 2.77 bits per heavy atom. The molecule has 0 bridgehead atoms. The Morgan fingerprint density at radius 2 is 2.03 bits per heavy atom. The molecule has 0 saturated carbocycles. The number of aryl methyl sites for hydroxylation is 2. The number of nitrogens with one attached hydrogen (secondary N) is 1. The number of fused-ring (bicyclic) bond motifs is 1. The average molecular weight is 434 g/mol. The second-order valence-corrected chi connectivity index (χ2v) is 8.50. The number of benzene rings is 1. The van der Waals surface area contributed by atoms with Crippen LogP contribution in [0.15, 0.2) is 42.7 Å². The fraction of sp³-hybridized carbons (Fsp3) is 0.292. The number of ether oxygens (including phenoxy) is 1. The maximum absolute atomic E-state index is 6.33. The number of morpholine rings is 1. The lowest BCUT2D eigenvalue weighted by Gasteiger charge is -2.34. The number of rotatable bonds is 3. The van der Waals surface area contributed by atoms with Gasteiger partial charge in [0.15, 0.2) is 0 Å². The molecular formula is C24H24ClN5O. The van der Waals surface area contributed by atoms with E-state index in [1.54, 1.807) is 6.20 Å². The first-order chi connectivity index (χ1) is 15.0. The molecule has 1 aliphatic rings. The molecule has 4 heterocycles. The zero-order chi connectivity index (χ0) is 21.5. The summed E-state index contributed by atoms with van der Waals surface area (Å²) in [6.07, 6.45) is 3.64. The molecule has 1 fully saturated rings. The molecule has 1 aromatic carbocycles. The number of aromatic nitrogens is 4. The highest BCUT2D eigenvalue weighted by Gasteiger charge is 2.24. The molecule has 0 radical (unpaired) electrons. The summed E-state index contributed by atoms with van der Waals surface area (Å²) in [4.78, 5) is 12.2. The minimum atomic E-state index is 0.242. The number of hydrogen-bond acceptors (Lipinski definition) is 5. The highest BCUT2D eigenvalue weighted by molar-refractivity contribution is 6.31. The van der Waals surface area contributed by atoms with Crippen molar-refractivity contribution in [3.63, 3.8) is 0 Å². The van der Waals surface area contributed by atoms with E-state index in [-0.39, 0.29) is 6.04 Å². The number of aromatic amines is 1. The van der Waals surface area contributed by atoms with Crippen LogP contribution in [0.3, 0.4) is 0 Å². The van der Waals surface area contributed by atoms with Crippen molar-refractivity contribution < 1.29 is 4.74 Å². The number of nitrogens with zero attached hydrogens (tertiary/aromatic N) is 4. The van der Waals surface area contributed by atoms with Gasteiger partial charge in [-0.1, -0.05) is 17.7 Å². The van der Waals surface area contributed by atoms with Crippen molar-refractivity contribution >= 4 is 28.3 Å². The zero-order valence-electron chi connectivity index (χ0n) is 17.8. The summed E-state index contributed by atoms with van der Waals surface area (Å²) in [6, 6.07) is 10.5. The van der Waals surface area contributed by atoms with Gasteiger partial charge in [-0.3, -0.25) is 10.1 Å². The van der Waals surface area contributed by atoms with E-state index in [1.165, 1.54) is 0 Å². The quantitative estimate of drug-likeness (QED) is 0.482. The van der Waals surface area contributed by atoms with Gasteiger partial charge in [0.05, 0.1) is 24.9 Å². The lowest BCUT2D eigenvalue weighted by molar-refractivity contribution is 0.0986. The van der Waals surface area contributed by atoms with E-state index >= 15 is 0 Å². The van der Waals surface area contributed by atoms with Gasteiger partial charge in [0.25, 0.3) is 0 Å². The van der Waals surface area contributed by atoms with E-state index in [2.05, 4.69) is 47.1 Å². The Bertz CT molecular complexity index is 1250. The molecule has 6 nitrogen and oxygen atoms in total. The van der Waals surface area contributed by atoms with E-state index in [0.29, 0.717) is 13.2 Å². The lowest BCUT2D eigenvalue weighted by atomic mass is 9.96. The van der Waals surface area contributed by atoms with Gasteiger partial charge in [-0.05, 0) is 67.3 Å². The van der Waals surface area contributed by atoms with Crippen molar-refractivity contribution in [3.8, 4) is 22.5 Å². The molecule has 0 spiro atoms. The smallest absolute Gasteiger partial charge is 0.130 e. The van der Waals surface area contributed by atoms with Gasteiger partial charge >= 0.3 is 0 Å². The van der Waals surface area contributed by atoms with Crippen LogP contribution in [0.5, 0.6) is 0 Å². The standard InChI is InChI=1S/C24H24ClN5O/c1-14-10-17(4-5-19(14)25)18-11-21(30-8-9-31-13-16(30)3)28-24-22(18)15(2)12-26-23(24)20-6-7-27-29-20/h4-7,10-12,16H,8-9,13H2,1-3H3,(H,27,29)/t16-/m1/s1. The third-order valence-electron chi connectivity index (χ3n) is 5.90. The summed E-state index contributed by atoms with van der Waals surface area (Å²) >= 11 is 6.33. The first-order valence-electron chi connectivity index (χ1n) is 10.4. The van der Waals surface area contributed by atoms with Crippen molar-refractivity contribution in [2.45, 2.75) is 26.8 Å². The van der Waals surface area contributed by atoms with Gasteiger partial charge in [0, 0.05) is 29.3 Å². The van der Waals surface area contributed by atoms with Gasteiger partial charge in [0.1, 0.15) is 17.0 Å². The highest BCUT2D eigenvalue weighted by atomic mass is 35.5. The molecule has 1 aliphatic heterocycles. The lowest BCUT2D eigenvalue weighted by Crippen LogP contribution is -2.44. The molecule has 0 unspecified atom stereocenters. The number of halogens is 1. The monoisotopic (exact) mass is 433 g/mol. The van der Waals surface area contributed by atoms with E-state index in [0.717, 1.165) is 61.9 Å². The number of hydrogen-bond donors (Lipinski definition) is 1. The molecule has 1 saturated heterocycles. The van der Waals surface area contributed by atoms with Gasteiger partial charge < -0.3 is 9.64 Å². The number of H-pyrrole nitrogens is 1. The molecule has 1 N–H and O–H groups in total. The van der Waals surface area contributed by atoms with Gasteiger partial charge in [-0.25, -0.2) is 4.98 Å². The third-order valence-corrected chi connectivity index (χ3v) is 6.32. The Balaban J connectivity index is 1.83. The first kappa shape index (κ1) is 20.0. The predicted molar refractivity (Wildman–Crippen MR) is 125 cm³/mol. The normalized spacial score (nSPS) is 16.8. The molecule has 0 amide bonds. The largest absolute Gasteiger partial charge is 0.377 e. The fourth-order valence-electron chi connectivity index (χ4n) is 4.23. The van der Waals surface area contributed by atoms with Crippen LogP contribution in [0.1, 0.15) is 18.1 Å². The van der Waals surface area contributed by atoms with Crippen LogP contribution in [0.25, 0.3) is 33.4 Å². The molecule has 158 valence electrons. The maximum atomic E-state index is 6.33. The maximum Gasteiger partial charge on any atom is 0.130 e. The molecule has 5 rings (SSSR count). The van der Waals surface area contributed by atoms with Crippen LogP contribution in [0.4, 0.5) is 5.82 Å². The molecule has 7 heteroatoms. The zero-order valence-corrected chi connectivity index (χ0v) is 18.6. The van der Waals surface area contributed by atoms with E-state index in [9.17, 15) is 0 Å². The SMILES string of the molecule is Cc1cc(-c2cc(N3CCOC[C@H]3C)nc3c(-c4ccn[nH]4)ncc(C)c23)ccc1Cl. The summed E-state index contributed by atoms with van der Waals surface area (Å²) < 4.78 is 5.66. The number of pyridine rings is 2. The molecule has 3 aromatic heterocycles. The van der Waals surface area contributed by atoms with Gasteiger partial charge in [-0.15, -0.1) is 0 Å². The minimum Gasteiger partial charge on any atom is -0.377 e. The van der Waals surface area contributed by atoms with Crippen LogP contribution in [-0.2, 0) is 4.74 Å². The molecule has 4 aromatic rings. The van der Waals surface area contributed by atoms with Gasteiger partial charge in [-0.2, -0.15) is 5.10 Å². The topological polar surface area (TPSA) is 66.9 Å². The Labute approximate surface area is 186 Å². The van der Waals surface area contributed by atoms with Crippen molar-refractivity contribution in [1.29, 1.82) is 0 Å². The van der Waals surface area contributed by atoms with Crippen molar-refractivity contribution in [1.82, 2.24) is 20.2 Å². The minimum absolute atomic E-state index is 0.242. The third kappa shape index (κ3) is 3.56. The summed E-state index contributed by atoms with van der Waals surface area (Å²) in [5.74, 6) is 0.930. The van der Waals surface area contributed by atoms with Crippen molar-refractivity contribution in [3.05, 3.63) is 58.9 Å². The van der Waals surface area contributed by atoms with E-state index in [4.69, 9.17) is 26.3 Å². The Hall–Kier alpha value is -2.96. The van der Waals surface area contributed by atoms with Crippen LogP contribution < -0.4 is 4.90 Å². The van der Waals surface area contributed by atoms with Crippen LogP contribution in [0.2, 0.25) is 5.02 Å². The van der Waals surface area contributed by atoms with Crippen LogP contribution in [0, 0.1) is 13.8 Å². The highest BCUT2D eigenvalue weighted by Crippen LogP contribution is 2.38. The molecular weight excluding hydrogens is 410 g/mol. The Kier molecular flexibility index (Phi) is 5.12. The van der Waals surface area contributed by atoms with Crippen molar-refractivity contribution in [2.75, 3.05) is 24.7 Å². The average Bonchev–Trinajstić information content (AvgIpc) is 3.30. The van der Waals surface area contributed by atoms with Crippen LogP contribution >= 0.6 is 11.6 Å². The second-order valence-electron chi connectivity index (χ2n) is 8.09. The second kappa shape index (κ2) is 7.94. The summed E-state index contributed by atoms with van der Waals surface area (Å²) in [7, 11) is 0. The first-order valence-corrected chi connectivity index (χ1v) is 10.8. The molecule has 1 atom stereocenters. The molecule has 31 heavy (non-hydrogen) atoms. The fourth-order valence-corrected chi connectivity index (χ4v) is 4.35. The van der Waals surface area contributed by atoms with Crippen molar-refractivity contribution in [2.24, 2.45) is 0 Å². The van der Waals surface area contributed by atoms with E-state index in [1.807, 2.05) is 25.3 Å². The summed E-state index contributed by atoms with van der Waals surface area (Å²) in [5.41, 5.74) is 6.88. The summed E-state index contributed by atoms with van der Waals surface area (Å²) in [6.45, 7) is 8.47. The Morgan fingerprint density at radius 1 is 1.16 bits per heavy atom. The van der Waals surface area contributed by atoms with Crippen LogP contribution in [-0.4, -0.2) is 46.0 Å². The van der Waals surface area contributed by atoms with Gasteiger partial charge in [0.2, 0.25) is 0 Å². The number of anilines is 1. The predicted octanol–water partition coefficient (Wildman–Crippen LogP) is 5.18.